The van der Waals surface area contributed by atoms with Crippen LogP contribution >= 0.6 is 11.6 Å². The number of hydrogen-bond donors (Lipinski definition) is 1. The molecule has 0 aliphatic heterocycles. The van der Waals surface area contributed by atoms with Crippen LogP contribution in [0.1, 0.15) is 31.0 Å². The Morgan fingerprint density at radius 1 is 1.10 bits per heavy atom. The van der Waals surface area contributed by atoms with E-state index in [1.807, 2.05) is 0 Å². The Labute approximate surface area is 183 Å². The molecule has 2 atom stereocenters. The Morgan fingerprint density at radius 3 is 2.33 bits per heavy atom. The molecule has 0 aliphatic rings. The van der Waals surface area contributed by atoms with Crippen molar-refractivity contribution >= 4 is 33.2 Å². The van der Waals surface area contributed by atoms with Crippen molar-refractivity contribution in [1.29, 1.82) is 0 Å². The predicted octanol–water partition coefficient (Wildman–Crippen LogP) is 3.70. The van der Waals surface area contributed by atoms with E-state index in [0.717, 1.165) is 10.6 Å². The van der Waals surface area contributed by atoms with E-state index in [1.165, 1.54) is 20.1 Å². The number of anilines is 1. The van der Waals surface area contributed by atoms with E-state index in [1.54, 1.807) is 51.3 Å². The van der Waals surface area contributed by atoms with Gasteiger partial charge >= 0.3 is 0 Å². The zero-order valence-electron chi connectivity index (χ0n) is 17.9. The number of halogens is 1. The van der Waals surface area contributed by atoms with Crippen LogP contribution in [-0.4, -0.2) is 40.8 Å². The van der Waals surface area contributed by atoms with Gasteiger partial charge in [-0.1, -0.05) is 17.7 Å². The summed E-state index contributed by atoms with van der Waals surface area (Å²) in [7, 11) is -0.669. The first-order valence-electron chi connectivity index (χ1n) is 9.27. The summed E-state index contributed by atoms with van der Waals surface area (Å²) in [5.74, 6) is 0.742. The lowest BCUT2D eigenvalue weighted by molar-refractivity contribution is -0.122. The lowest BCUT2D eigenvalue weighted by Gasteiger charge is -2.30. The molecule has 2 aromatic rings. The number of rotatable bonds is 8. The van der Waals surface area contributed by atoms with Gasteiger partial charge in [-0.2, -0.15) is 0 Å². The van der Waals surface area contributed by atoms with Gasteiger partial charge in [-0.05, 0) is 56.7 Å². The molecule has 2 rings (SSSR count). The molecule has 0 unspecified atom stereocenters. The second kappa shape index (κ2) is 9.57. The van der Waals surface area contributed by atoms with Crippen molar-refractivity contribution in [1.82, 2.24) is 5.32 Å². The van der Waals surface area contributed by atoms with Crippen LogP contribution in [0.15, 0.2) is 36.4 Å². The topological polar surface area (TPSA) is 84.9 Å². The second-order valence-electron chi connectivity index (χ2n) is 7.00. The van der Waals surface area contributed by atoms with Crippen molar-refractivity contribution in [2.75, 3.05) is 24.8 Å². The van der Waals surface area contributed by atoms with E-state index in [4.69, 9.17) is 21.1 Å². The van der Waals surface area contributed by atoms with E-state index in [-0.39, 0.29) is 0 Å². The summed E-state index contributed by atoms with van der Waals surface area (Å²) in [5.41, 5.74) is 1.76. The average molecular weight is 455 g/mol. The van der Waals surface area contributed by atoms with Gasteiger partial charge in [0, 0.05) is 10.6 Å². The number of ether oxygens (including phenoxy) is 2. The first kappa shape index (κ1) is 23.8. The number of carbonyl (C=O) groups excluding carboxylic acids is 1. The van der Waals surface area contributed by atoms with Gasteiger partial charge in [-0.25, -0.2) is 8.42 Å². The van der Waals surface area contributed by atoms with E-state index < -0.39 is 28.0 Å². The molecule has 0 spiro atoms. The molecule has 1 N–H and O–H groups in total. The van der Waals surface area contributed by atoms with Gasteiger partial charge in [0.1, 0.15) is 17.5 Å². The number of nitrogens with zero attached hydrogens (tertiary/aromatic N) is 1. The van der Waals surface area contributed by atoms with Crippen LogP contribution in [0.4, 0.5) is 5.69 Å². The summed E-state index contributed by atoms with van der Waals surface area (Å²) in [4.78, 5) is 13.0. The maximum Gasteiger partial charge on any atom is 0.244 e. The highest BCUT2D eigenvalue weighted by molar-refractivity contribution is 7.92. The van der Waals surface area contributed by atoms with Gasteiger partial charge in [-0.15, -0.1) is 0 Å². The summed E-state index contributed by atoms with van der Waals surface area (Å²) >= 11 is 6.07. The molecule has 30 heavy (non-hydrogen) atoms. The number of benzene rings is 2. The molecule has 0 radical (unpaired) electrons. The van der Waals surface area contributed by atoms with Gasteiger partial charge in [0.2, 0.25) is 15.9 Å². The molecule has 0 saturated carbocycles. The molecule has 0 heterocycles. The summed E-state index contributed by atoms with van der Waals surface area (Å²) < 4.78 is 36.8. The summed E-state index contributed by atoms with van der Waals surface area (Å²) in [6, 6.07) is 8.74. The average Bonchev–Trinajstić information content (AvgIpc) is 2.68. The van der Waals surface area contributed by atoms with Crippen LogP contribution in [0.25, 0.3) is 0 Å². The molecule has 164 valence electrons. The van der Waals surface area contributed by atoms with Gasteiger partial charge in [0.05, 0.1) is 32.2 Å². The van der Waals surface area contributed by atoms with Crippen LogP contribution in [-0.2, 0) is 14.8 Å². The Hall–Kier alpha value is -2.45. The van der Waals surface area contributed by atoms with Crippen LogP contribution in [0, 0.1) is 6.92 Å². The van der Waals surface area contributed by atoms with Crippen LogP contribution in [0.5, 0.6) is 11.5 Å². The number of carbonyl (C=O) groups is 1. The number of aryl methyl sites for hydroxylation is 1. The first-order valence-corrected chi connectivity index (χ1v) is 11.5. The lowest BCUT2D eigenvalue weighted by atomic mass is 10.1. The minimum Gasteiger partial charge on any atom is -0.497 e. The molecule has 0 aliphatic carbocycles. The number of nitrogens with one attached hydrogen (secondary N) is 1. The Morgan fingerprint density at radius 2 is 1.77 bits per heavy atom. The Kier molecular flexibility index (Phi) is 7.60. The fourth-order valence-corrected chi connectivity index (χ4v) is 4.58. The highest BCUT2D eigenvalue weighted by Gasteiger charge is 2.31. The van der Waals surface area contributed by atoms with Crippen LogP contribution in [0.2, 0.25) is 5.02 Å². The second-order valence-corrected chi connectivity index (χ2v) is 9.30. The maximum atomic E-state index is 13.0. The third kappa shape index (κ3) is 5.37. The van der Waals surface area contributed by atoms with Crippen molar-refractivity contribution in [2.45, 2.75) is 32.9 Å². The van der Waals surface area contributed by atoms with Crippen molar-refractivity contribution < 1.29 is 22.7 Å². The number of sulfonamides is 1. The smallest absolute Gasteiger partial charge is 0.244 e. The minimum atomic E-state index is -3.76. The van der Waals surface area contributed by atoms with Gasteiger partial charge in [0.15, 0.2) is 0 Å². The van der Waals surface area contributed by atoms with Crippen molar-refractivity contribution in [2.24, 2.45) is 0 Å². The zero-order valence-corrected chi connectivity index (χ0v) is 19.5. The van der Waals surface area contributed by atoms with E-state index in [2.05, 4.69) is 5.32 Å². The summed E-state index contributed by atoms with van der Waals surface area (Å²) in [6.07, 6.45) is 1.06. The third-order valence-corrected chi connectivity index (χ3v) is 6.22. The normalized spacial score (nSPS) is 13.3. The van der Waals surface area contributed by atoms with Gasteiger partial charge in [0.25, 0.3) is 0 Å². The molecular formula is C21H27ClN2O5S. The van der Waals surface area contributed by atoms with E-state index >= 15 is 0 Å². The molecule has 0 saturated heterocycles. The summed E-state index contributed by atoms with van der Waals surface area (Å²) in [5, 5.41) is 3.25. The highest BCUT2D eigenvalue weighted by atomic mass is 35.5. The Balaban J connectivity index is 2.35. The third-order valence-electron chi connectivity index (χ3n) is 4.76. The SMILES string of the molecule is COc1ccc(OC)c([C@@H](C)NC(=O)[C@@H](C)N(c2cc(Cl)ccc2C)S(C)(=O)=O)c1. The first-order chi connectivity index (χ1) is 14.0. The quantitative estimate of drug-likeness (QED) is 0.657. The number of methoxy groups -OCH3 is 2. The maximum absolute atomic E-state index is 13.0. The molecular weight excluding hydrogens is 428 g/mol. The zero-order chi connectivity index (χ0) is 22.6. The van der Waals surface area contributed by atoms with Crippen LogP contribution < -0.4 is 19.1 Å². The fraction of sp³-hybridized carbons (Fsp3) is 0.381. The molecule has 0 fully saturated rings. The molecule has 7 nitrogen and oxygen atoms in total. The molecule has 0 aromatic heterocycles. The van der Waals surface area contributed by atoms with Gasteiger partial charge < -0.3 is 14.8 Å². The monoisotopic (exact) mass is 454 g/mol. The minimum absolute atomic E-state index is 0.360. The van der Waals surface area contributed by atoms with Crippen molar-refractivity contribution in [3.05, 3.63) is 52.5 Å². The number of amides is 1. The lowest BCUT2D eigenvalue weighted by Crippen LogP contribution is -2.48. The molecule has 1 amide bonds. The van der Waals surface area contributed by atoms with E-state index in [0.29, 0.717) is 33.3 Å². The van der Waals surface area contributed by atoms with Crippen LogP contribution in [0.3, 0.4) is 0 Å². The highest BCUT2D eigenvalue weighted by Crippen LogP contribution is 2.31. The standard InChI is InChI=1S/C21H27ClN2O5S/c1-13-7-8-16(22)11-19(13)24(30(6,26)27)15(3)21(25)23-14(2)18-12-17(28-4)9-10-20(18)29-5/h7-12,14-15H,1-6H3,(H,23,25)/t14-,15-/m1/s1. The Bertz CT molecular complexity index is 1030. The number of hydrogen-bond acceptors (Lipinski definition) is 5. The molecule has 2 aromatic carbocycles. The van der Waals surface area contributed by atoms with Gasteiger partial charge in [-0.3, -0.25) is 9.10 Å². The largest absolute Gasteiger partial charge is 0.497 e. The predicted molar refractivity (Wildman–Crippen MR) is 119 cm³/mol. The fourth-order valence-electron chi connectivity index (χ4n) is 3.19. The summed E-state index contributed by atoms with van der Waals surface area (Å²) in [6.45, 7) is 5.09. The molecule has 9 heteroatoms. The molecule has 0 bridgehead atoms. The van der Waals surface area contributed by atoms with E-state index in [9.17, 15) is 13.2 Å². The van der Waals surface area contributed by atoms with Crippen molar-refractivity contribution in [3.8, 4) is 11.5 Å². The van der Waals surface area contributed by atoms with Crippen molar-refractivity contribution in [3.63, 3.8) is 0 Å².